The van der Waals surface area contributed by atoms with Crippen LogP contribution in [-0.2, 0) is 7.05 Å². The maximum absolute atomic E-state index is 14.8. The topological polar surface area (TPSA) is 48.5 Å². The van der Waals surface area contributed by atoms with Crippen molar-refractivity contribution in [1.82, 2.24) is 24.5 Å². The SMILES string of the molecule is Cc1cccc2c(-c3cccc4nn(C)c(F)c34)nn(-c3ccc(F)nc3)c12. The number of aryl methyl sites for hydroxylation is 2. The molecule has 0 radical (unpaired) electrons. The molecule has 0 bridgehead atoms. The van der Waals surface area contributed by atoms with Crippen molar-refractivity contribution in [3.63, 3.8) is 0 Å². The second-order valence-electron chi connectivity index (χ2n) is 6.68. The minimum Gasteiger partial charge on any atom is -0.242 e. The first-order chi connectivity index (χ1) is 13.5. The Morgan fingerprint density at radius 2 is 1.75 bits per heavy atom. The van der Waals surface area contributed by atoms with E-state index in [9.17, 15) is 8.78 Å². The standard InChI is InChI=1S/C21H15F2N5/c1-12-5-3-7-15-19(14-6-4-8-16-18(14)21(23)27(2)25-16)26-28(20(12)15)13-9-10-17(22)24-11-13/h3-11H,1-2H3. The zero-order chi connectivity index (χ0) is 19.4. The Morgan fingerprint density at radius 1 is 0.929 bits per heavy atom. The van der Waals surface area contributed by atoms with E-state index in [0.29, 0.717) is 27.8 Å². The van der Waals surface area contributed by atoms with Crippen LogP contribution in [0.2, 0.25) is 0 Å². The molecule has 28 heavy (non-hydrogen) atoms. The van der Waals surface area contributed by atoms with Crippen molar-refractivity contribution in [3.8, 4) is 16.9 Å². The van der Waals surface area contributed by atoms with E-state index < -0.39 is 11.9 Å². The summed E-state index contributed by atoms with van der Waals surface area (Å²) >= 11 is 0. The lowest BCUT2D eigenvalue weighted by Gasteiger charge is -2.04. The van der Waals surface area contributed by atoms with Crippen LogP contribution in [0.25, 0.3) is 38.8 Å². The predicted molar refractivity (Wildman–Crippen MR) is 103 cm³/mol. The van der Waals surface area contributed by atoms with Crippen molar-refractivity contribution in [2.45, 2.75) is 6.92 Å². The number of fused-ring (bicyclic) bond motifs is 2. The molecular formula is C21H15F2N5. The fraction of sp³-hybridized carbons (Fsp3) is 0.0952. The van der Waals surface area contributed by atoms with Gasteiger partial charge in [0.25, 0.3) is 0 Å². The summed E-state index contributed by atoms with van der Waals surface area (Å²) in [4.78, 5) is 3.74. The molecule has 0 saturated heterocycles. The van der Waals surface area contributed by atoms with Crippen molar-refractivity contribution >= 4 is 21.8 Å². The molecule has 0 N–H and O–H groups in total. The first kappa shape index (κ1) is 16.6. The van der Waals surface area contributed by atoms with E-state index in [4.69, 9.17) is 5.10 Å². The molecule has 5 aromatic rings. The molecule has 0 fully saturated rings. The number of pyridine rings is 1. The molecule has 2 aromatic carbocycles. The lowest BCUT2D eigenvalue weighted by atomic mass is 10.0. The Bertz CT molecular complexity index is 1350. The fourth-order valence-corrected chi connectivity index (χ4v) is 3.62. The number of para-hydroxylation sites is 1. The van der Waals surface area contributed by atoms with Crippen LogP contribution in [-0.4, -0.2) is 24.5 Å². The van der Waals surface area contributed by atoms with Gasteiger partial charge in [-0.15, -0.1) is 0 Å². The van der Waals surface area contributed by atoms with Crippen LogP contribution in [0.5, 0.6) is 0 Å². The number of nitrogens with zero attached hydrogens (tertiary/aromatic N) is 5. The van der Waals surface area contributed by atoms with Crippen LogP contribution < -0.4 is 0 Å². The molecule has 0 aliphatic rings. The molecule has 7 heteroatoms. The maximum atomic E-state index is 14.8. The number of aromatic nitrogens is 5. The van der Waals surface area contributed by atoms with E-state index in [1.165, 1.54) is 16.9 Å². The van der Waals surface area contributed by atoms with Crippen molar-refractivity contribution < 1.29 is 8.78 Å². The lowest BCUT2D eigenvalue weighted by molar-refractivity contribution is 0.512. The van der Waals surface area contributed by atoms with Crippen molar-refractivity contribution in [2.75, 3.05) is 0 Å². The van der Waals surface area contributed by atoms with Gasteiger partial charge >= 0.3 is 0 Å². The summed E-state index contributed by atoms with van der Waals surface area (Å²) in [6.45, 7) is 1.98. The third-order valence-corrected chi connectivity index (χ3v) is 4.91. The second-order valence-corrected chi connectivity index (χ2v) is 6.68. The Morgan fingerprint density at radius 3 is 2.54 bits per heavy atom. The van der Waals surface area contributed by atoms with Crippen LogP contribution in [0.1, 0.15) is 5.56 Å². The third kappa shape index (κ3) is 2.32. The van der Waals surface area contributed by atoms with E-state index >= 15 is 0 Å². The van der Waals surface area contributed by atoms with E-state index in [2.05, 4.69) is 10.1 Å². The zero-order valence-corrected chi connectivity index (χ0v) is 15.2. The average molecular weight is 375 g/mol. The summed E-state index contributed by atoms with van der Waals surface area (Å²) < 4.78 is 31.0. The molecule has 0 unspecified atom stereocenters. The molecule has 5 rings (SSSR count). The van der Waals surface area contributed by atoms with E-state index in [-0.39, 0.29) is 0 Å². The molecule has 3 aromatic heterocycles. The van der Waals surface area contributed by atoms with Crippen molar-refractivity contribution in [3.05, 3.63) is 72.2 Å². The molecule has 0 aliphatic heterocycles. The summed E-state index contributed by atoms with van der Waals surface area (Å²) in [5, 5.41) is 10.3. The van der Waals surface area contributed by atoms with Crippen LogP contribution in [0.15, 0.2) is 54.7 Å². The quantitative estimate of drug-likeness (QED) is 0.425. The van der Waals surface area contributed by atoms with Gasteiger partial charge in [0.15, 0.2) is 0 Å². The minimum atomic E-state index is -0.556. The van der Waals surface area contributed by atoms with Gasteiger partial charge < -0.3 is 0 Å². The number of hydrogen-bond acceptors (Lipinski definition) is 3. The smallest absolute Gasteiger partial charge is 0.219 e. The molecule has 0 spiro atoms. The van der Waals surface area contributed by atoms with Gasteiger partial charge in [-0.25, -0.2) is 14.3 Å². The van der Waals surface area contributed by atoms with Gasteiger partial charge in [-0.1, -0.05) is 30.3 Å². The Hall–Kier alpha value is -3.61. The highest BCUT2D eigenvalue weighted by Gasteiger charge is 2.20. The monoisotopic (exact) mass is 375 g/mol. The van der Waals surface area contributed by atoms with E-state index in [0.717, 1.165) is 16.5 Å². The number of rotatable bonds is 2. The van der Waals surface area contributed by atoms with Crippen LogP contribution in [0.4, 0.5) is 8.78 Å². The van der Waals surface area contributed by atoms with Gasteiger partial charge in [-0.2, -0.15) is 19.0 Å². The number of hydrogen-bond donors (Lipinski definition) is 0. The van der Waals surface area contributed by atoms with Crippen LogP contribution in [0.3, 0.4) is 0 Å². The van der Waals surface area contributed by atoms with Gasteiger partial charge in [-0.3, -0.25) is 0 Å². The Labute approximate surface area is 158 Å². The summed E-state index contributed by atoms with van der Waals surface area (Å²) in [6, 6.07) is 14.2. The first-order valence-corrected chi connectivity index (χ1v) is 8.76. The van der Waals surface area contributed by atoms with Crippen molar-refractivity contribution in [2.24, 2.45) is 7.05 Å². The molecule has 0 atom stereocenters. The van der Waals surface area contributed by atoms with Gasteiger partial charge in [0, 0.05) is 18.0 Å². The largest absolute Gasteiger partial charge is 0.242 e. The number of halogens is 2. The normalized spacial score (nSPS) is 11.6. The minimum absolute atomic E-state index is 0.413. The molecule has 138 valence electrons. The van der Waals surface area contributed by atoms with Gasteiger partial charge in [0.1, 0.15) is 5.69 Å². The van der Waals surface area contributed by atoms with Gasteiger partial charge in [-0.05, 0) is 30.7 Å². The third-order valence-electron chi connectivity index (χ3n) is 4.91. The van der Waals surface area contributed by atoms with Crippen molar-refractivity contribution in [1.29, 1.82) is 0 Å². The van der Waals surface area contributed by atoms with E-state index in [1.54, 1.807) is 23.9 Å². The molecule has 5 nitrogen and oxygen atoms in total. The molecule has 3 heterocycles. The number of benzene rings is 2. The van der Waals surface area contributed by atoms with Crippen LogP contribution >= 0.6 is 0 Å². The first-order valence-electron chi connectivity index (χ1n) is 8.76. The Kier molecular flexibility index (Phi) is 3.52. The second kappa shape index (κ2) is 5.95. The summed E-state index contributed by atoms with van der Waals surface area (Å²) in [5.41, 5.74) is 4.36. The highest BCUT2D eigenvalue weighted by Crippen LogP contribution is 2.36. The Balaban J connectivity index is 1.88. The molecule has 0 amide bonds. The molecular weight excluding hydrogens is 360 g/mol. The maximum Gasteiger partial charge on any atom is 0.219 e. The summed E-state index contributed by atoms with van der Waals surface area (Å²) in [6.07, 6.45) is 1.43. The highest BCUT2D eigenvalue weighted by molar-refractivity contribution is 6.03. The lowest BCUT2D eigenvalue weighted by Crippen LogP contribution is -1.99. The summed E-state index contributed by atoms with van der Waals surface area (Å²) in [5.74, 6) is -0.969. The molecule has 0 aliphatic carbocycles. The van der Waals surface area contributed by atoms with E-state index in [1.807, 2.05) is 37.3 Å². The highest BCUT2D eigenvalue weighted by atomic mass is 19.1. The van der Waals surface area contributed by atoms with Gasteiger partial charge in [0.05, 0.1) is 28.3 Å². The summed E-state index contributed by atoms with van der Waals surface area (Å²) in [7, 11) is 1.57. The average Bonchev–Trinajstić information content (AvgIpc) is 3.22. The fourth-order valence-electron chi connectivity index (χ4n) is 3.62. The zero-order valence-electron chi connectivity index (χ0n) is 15.2. The predicted octanol–water partition coefficient (Wildman–Crippen LogP) is 4.56. The molecule has 0 saturated carbocycles. The van der Waals surface area contributed by atoms with Crippen LogP contribution in [0, 0.1) is 18.8 Å². The van der Waals surface area contributed by atoms with Gasteiger partial charge in [0.2, 0.25) is 11.9 Å².